The fraction of sp³-hybridized carbons (Fsp3) is 0.909. The van der Waals surface area contributed by atoms with E-state index in [1.807, 2.05) is 11.8 Å². The van der Waals surface area contributed by atoms with Crippen molar-refractivity contribution in [1.29, 1.82) is 0 Å². The second kappa shape index (κ2) is 8.16. The first-order chi connectivity index (χ1) is 6.93. The van der Waals surface area contributed by atoms with E-state index in [9.17, 15) is 0 Å². The molecule has 0 fully saturated rings. The minimum absolute atomic E-state index is 1.03. The Hall–Kier alpha value is -0.180. The summed E-state index contributed by atoms with van der Waals surface area (Å²) in [7, 11) is 0. The summed E-state index contributed by atoms with van der Waals surface area (Å²) in [5, 5.41) is 3.46. The Morgan fingerprint density at radius 3 is 3.07 bits per heavy atom. The van der Waals surface area contributed by atoms with Crippen LogP contribution in [0.15, 0.2) is 4.99 Å². The van der Waals surface area contributed by atoms with E-state index in [1.54, 1.807) is 0 Å². The zero-order valence-electron chi connectivity index (χ0n) is 9.22. The Labute approximate surface area is 92.0 Å². The lowest BCUT2D eigenvalue weighted by Crippen LogP contribution is -2.24. The Morgan fingerprint density at radius 1 is 1.29 bits per heavy atom. The van der Waals surface area contributed by atoms with Gasteiger partial charge in [0.05, 0.1) is 5.84 Å². The Balaban J connectivity index is 2.01. The molecular formula is C11H22N2S. The summed E-state index contributed by atoms with van der Waals surface area (Å²) < 4.78 is 0. The molecule has 0 aromatic heterocycles. The van der Waals surface area contributed by atoms with E-state index < -0.39 is 0 Å². The van der Waals surface area contributed by atoms with Gasteiger partial charge in [-0.3, -0.25) is 4.99 Å². The summed E-state index contributed by atoms with van der Waals surface area (Å²) in [5.41, 5.74) is 0. The predicted molar refractivity (Wildman–Crippen MR) is 66.4 cm³/mol. The van der Waals surface area contributed by atoms with Gasteiger partial charge in [0, 0.05) is 19.5 Å². The molecule has 0 saturated heterocycles. The van der Waals surface area contributed by atoms with Crippen LogP contribution in [-0.2, 0) is 0 Å². The lowest BCUT2D eigenvalue weighted by molar-refractivity contribution is 0.722. The highest BCUT2D eigenvalue weighted by Crippen LogP contribution is 2.06. The molecule has 14 heavy (non-hydrogen) atoms. The number of unbranched alkanes of at least 4 members (excludes halogenated alkanes) is 1. The van der Waals surface area contributed by atoms with Gasteiger partial charge in [-0.15, -0.1) is 0 Å². The molecule has 0 atom stereocenters. The van der Waals surface area contributed by atoms with Gasteiger partial charge in [-0.05, 0) is 37.7 Å². The third kappa shape index (κ3) is 5.53. The number of hydrogen-bond acceptors (Lipinski definition) is 3. The van der Waals surface area contributed by atoms with Gasteiger partial charge < -0.3 is 5.32 Å². The van der Waals surface area contributed by atoms with Crippen molar-refractivity contribution in [2.75, 3.05) is 25.1 Å². The van der Waals surface area contributed by atoms with Gasteiger partial charge in [-0.1, -0.05) is 6.42 Å². The van der Waals surface area contributed by atoms with Gasteiger partial charge >= 0.3 is 0 Å². The molecular weight excluding hydrogens is 192 g/mol. The lowest BCUT2D eigenvalue weighted by Gasteiger charge is -2.07. The van der Waals surface area contributed by atoms with E-state index in [4.69, 9.17) is 0 Å². The summed E-state index contributed by atoms with van der Waals surface area (Å²) in [6.45, 7) is 2.15. The number of rotatable bonds is 5. The smallest absolute Gasteiger partial charge is 0.0963 e. The van der Waals surface area contributed by atoms with Crippen LogP contribution in [0.5, 0.6) is 0 Å². The first-order valence-electron chi connectivity index (χ1n) is 5.69. The molecule has 1 rings (SSSR count). The maximum absolute atomic E-state index is 4.54. The maximum atomic E-state index is 4.54. The van der Waals surface area contributed by atoms with E-state index in [-0.39, 0.29) is 0 Å². The molecule has 1 aliphatic rings. The number of amidine groups is 1. The molecule has 0 aliphatic carbocycles. The van der Waals surface area contributed by atoms with Crippen molar-refractivity contribution in [3.8, 4) is 0 Å². The molecule has 82 valence electrons. The van der Waals surface area contributed by atoms with E-state index in [2.05, 4.69) is 16.6 Å². The molecule has 0 unspecified atom stereocenters. The number of hydrogen-bond donors (Lipinski definition) is 1. The summed E-state index contributed by atoms with van der Waals surface area (Å²) in [6, 6.07) is 0. The van der Waals surface area contributed by atoms with Crippen molar-refractivity contribution >= 4 is 17.6 Å². The van der Waals surface area contributed by atoms with Crippen LogP contribution in [-0.4, -0.2) is 30.9 Å². The van der Waals surface area contributed by atoms with Crippen LogP contribution in [0.3, 0.4) is 0 Å². The van der Waals surface area contributed by atoms with Gasteiger partial charge in [0.1, 0.15) is 0 Å². The SMILES string of the molecule is CSCCCCNC1=NCCCCC1. The van der Waals surface area contributed by atoms with Gasteiger partial charge in [0.2, 0.25) is 0 Å². The first kappa shape index (κ1) is 11.9. The quantitative estimate of drug-likeness (QED) is 0.712. The summed E-state index contributed by atoms with van der Waals surface area (Å²) in [6.07, 6.45) is 9.88. The molecule has 0 saturated carbocycles. The Kier molecular flexibility index (Phi) is 6.93. The Bertz CT molecular complexity index is 169. The lowest BCUT2D eigenvalue weighted by atomic mass is 10.2. The molecule has 0 radical (unpaired) electrons. The topological polar surface area (TPSA) is 24.4 Å². The summed E-state index contributed by atoms with van der Waals surface area (Å²) >= 11 is 1.93. The fourth-order valence-electron chi connectivity index (χ4n) is 1.62. The second-order valence-corrected chi connectivity index (χ2v) is 4.75. The van der Waals surface area contributed by atoms with E-state index in [0.29, 0.717) is 0 Å². The monoisotopic (exact) mass is 214 g/mol. The van der Waals surface area contributed by atoms with Crippen LogP contribution in [0.2, 0.25) is 0 Å². The second-order valence-electron chi connectivity index (χ2n) is 3.77. The van der Waals surface area contributed by atoms with Gasteiger partial charge in [0.25, 0.3) is 0 Å². The predicted octanol–water partition coefficient (Wildman–Crippen LogP) is 2.69. The Morgan fingerprint density at radius 2 is 2.21 bits per heavy atom. The number of aliphatic imine (C=N–C) groups is 1. The molecule has 3 heteroatoms. The molecule has 1 aliphatic heterocycles. The molecule has 0 spiro atoms. The van der Waals surface area contributed by atoms with Crippen LogP contribution in [0.4, 0.5) is 0 Å². The average molecular weight is 214 g/mol. The van der Waals surface area contributed by atoms with E-state index in [1.165, 1.54) is 50.1 Å². The summed E-state index contributed by atoms with van der Waals surface area (Å²) in [5.74, 6) is 2.54. The van der Waals surface area contributed by atoms with Crippen LogP contribution >= 0.6 is 11.8 Å². The highest BCUT2D eigenvalue weighted by molar-refractivity contribution is 7.98. The third-order valence-electron chi connectivity index (χ3n) is 2.48. The van der Waals surface area contributed by atoms with Crippen LogP contribution in [0, 0.1) is 0 Å². The molecule has 0 bridgehead atoms. The van der Waals surface area contributed by atoms with Crippen molar-refractivity contribution in [2.24, 2.45) is 4.99 Å². The van der Waals surface area contributed by atoms with Gasteiger partial charge in [-0.25, -0.2) is 0 Å². The molecule has 1 heterocycles. The zero-order valence-corrected chi connectivity index (χ0v) is 10.0. The molecule has 0 amide bonds. The highest BCUT2D eigenvalue weighted by Gasteiger charge is 2.02. The number of nitrogens with zero attached hydrogens (tertiary/aromatic N) is 1. The van der Waals surface area contributed by atoms with Gasteiger partial charge in [-0.2, -0.15) is 11.8 Å². The first-order valence-corrected chi connectivity index (χ1v) is 7.09. The van der Waals surface area contributed by atoms with Crippen molar-refractivity contribution in [3.63, 3.8) is 0 Å². The average Bonchev–Trinajstić information content (AvgIpc) is 2.46. The standard InChI is InChI=1S/C11H22N2S/c1-14-10-6-5-9-13-11-7-3-2-4-8-12-11/h2-10H2,1H3,(H,12,13). The van der Waals surface area contributed by atoms with Crippen LogP contribution in [0.1, 0.15) is 38.5 Å². The van der Waals surface area contributed by atoms with Crippen molar-refractivity contribution in [3.05, 3.63) is 0 Å². The fourth-order valence-corrected chi connectivity index (χ4v) is 2.12. The molecule has 2 nitrogen and oxygen atoms in total. The van der Waals surface area contributed by atoms with Crippen molar-refractivity contribution in [2.45, 2.75) is 38.5 Å². The minimum Gasteiger partial charge on any atom is -0.374 e. The summed E-state index contributed by atoms with van der Waals surface area (Å²) in [4.78, 5) is 4.54. The number of nitrogens with one attached hydrogen (secondary N) is 1. The zero-order chi connectivity index (χ0) is 10.1. The van der Waals surface area contributed by atoms with Crippen molar-refractivity contribution < 1.29 is 0 Å². The van der Waals surface area contributed by atoms with Crippen LogP contribution in [0.25, 0.3) is 0 Å². The van der Waals surface area contributed by atoms with Crippen LogP contribution < -0.4 is 5.32 Å². The highest BCUT2D eigenvalue weighted by atomic mass is 32.2. The van der Waals surface area contributed by atoms with E-state index >= 15 is 0 Å². The van der Waals surface area contributed by atoms with E-state index in [0.717, 1.165) is 13.1 Å². The van der Waals surface area contributed by atoms with Crippen molar-refractivity contribution in [1.82, 2.24) is 5.32 Å². The molecule has 0 aromatic carbocycles. The third-order valence-corrected chi connectivity index (χ3v) is 3.18. The normalized spacial score (nSPS) is 17.4. The van der Waals surface area contributed by atoms with Gasteiger partial charge in [0.15, 0.2) is 0 Å². The molecule has 1 N–H and O–H groups in total. The largest absolute Gasteiger partial charge is 0.374 e. The number of thioether (sulfide) groups is 1. The maximum Gasteiger partial charge on any atom is 0.0963 e. The molecule has 0 aromatic rings. The minimum atomic E-state index is 1.03.